The van der Waals surface area contributed by atoms with Crippen molar-refractivity contribution in [2.75, 3.05) is 16.8 Å². The third-order valence-electron chi connectivity index (χ3n) is 6.07. The lowest BCUT2D eigenvalue weighted by Crippen LogP contribution is -2.28. The summed E-state index contributed by atoms with van der Waals surface area (Å²) in [6.45, 7) is 8.21. The molecule has 2 heterocycles. The smallest absolute Gasteiger partial charge is 0.205 e. The van der Waals surface area contributed by atoms with Crippen LogP contribution in [-0.4, -0.2) is 32.2 Å². The van der Waals surface area contributed by atoms with Gasteiger partial charge in [0.25, 0.3) is 0 Å². The number of anilines is 3. The van der Waals surface area contributed by atoms with Gasteiger partial charge >= 0.3 is 0 Å². The van der Waals surface area contributed by atoms with Crippen molar-refractivity contribution in [1.29, 1.82) is 0 Å². The monoisotopic (exact) mass is 489 g/mol. The van der Waals surface area contributed by atoms with Gasteiger partial charge in [0.1, 0.15) is 5.82 Å². The highest BCUT2D eigenvalue weighted by Gasteiger charge is 2.17. The van der Waals surface area contributed by atoms with E-state index < -0.39 is 0 Å². The second-order valence-corrected chi connectivity index (χ2v) is 9.63. The summed E-state index contributed by atoms with van der Waals surface area (Å²) < 4.78 is 0. The fourth-order valence-corrected chi connectivity index (χ4v) is 4.35. The Morgan fingerprint density at radius 1 is 0.838 bits per heavy atom. The van der Waals surface area contributed by atoms with Gasteiger partial charge in [0.2, 0.25) is 5.82 Å². The summed E-state index contributed by atoms with van der Waals surface area (Å²) in [7, 11) is 0. The van der Waals surface area contributed by atoms with Crippen LogP contribution in [-0.2, 0) is 6.54 Å². The van der Waals surface area contributed by atoms with Crippen molar-refractivity contribution in [3.63, 3.8) is 0 Å². The molecule has 37 heavy (non-hydrogen) atoms. The van der Waals surface area contributed by atoms with Crippen LogP contribution in [0.15, 0.2) is 91.0 Å². The molecule has 2 aromatic heterocycles. The zero-order valence-corrected chi connectivity index (χ0v) is 21.4. The van der Waals surface area contributed by atoms with Gasteiger partial charge in [-0.15, -0.1) is 10.2 Å². The van der Waals surface area contributed by atoms with Gasteiger partial charge in [0, 0.05) is 41.7 Å². The molecule has 0 aliphatic carbocycles. The van der Waals surface area contributed by atoms with E-state index in [1.165, 1.54) is 11.1 Å². The molecule has 0 radical (unpaired) electrons. The zero-order chi connectivity index (χ0) is 25.6. The minimum absolute atomic E-state index is 0.467. The van der Waals surface area contributed by atoms with Crippen LogP contribution >= 0.6 is 0 Å². The number of aromatic nitrogens is 5. The molecule has 2 N–H and O–H groups in total. The predicted octanol–water partition coefficient (Wildman–Crippen LogP) is 6.64. The molecule has 0 spiro atoms. The van der Waals surface area contributed by atoms with Crippen LogP contribution in [0.1, 0.15) is 25.0 Å². The summed E-state index contributed by atoms with van der Waals surface area (Å²) in [6, 6.07) is 31.2. The Balaban J connectivity index is 1.61. The van der Waals surface area contributed by atoms with Crippen molar-refractivity contribution in [1.82, 2.24) is 25.6 Å². The molecule has 3 aromatic carbocycles. The van der Waals surface area contributed by atoms with Gasteiger partial charge in [-0.3, -0.25) is 0 Å². The van der Waals surface area contributed by atoms with Crippen LogP contribution in [0.4, 0.5) is 17.2 Å². The average molecular weight is 490 g/mol. The molecule has 0 amide bonds. The van der Waals surface area contributed by atoms with Crippen molar-refractivity contribution in [3.8, 4) is 22.6 Å². The summed E-state index contributed by atoms with van der Waals surface area (Å²) in [5, 5.41) is 18.4. The van der Waals surface area contributed by atoms with E-state index >= 15 is 0 Å². The normalized spacial score (nSPS) is 11.0. The molecule has 0 bridgehead atoms. The molecule has 7 heteroatoms. The largest absolute Gasteiger partial charge is 0.355 e. The van der Waals surface area contributed by atoms with Crippen molar-refractivity contribution in [3.05, 3.63) is 102 Å². The van der Waals surface area contributed by atoms with Crippen molar-refractivity contribution in [2.45, 2.75) is 27.3 Å². The maximum Gasteiger partial charge on any atom is 0.205 e. The Kier molecular flexibility index (Phi) is 7.21. The fourth-order valence-electron chi connectivity index (χ4n) is 4.35. The number of pyridine rings is 1. The van der Waals surface area contributed by atoms with Gasteiger partial charge in [-0.1, -0.05) is 86.1 Å². The summed E-state index contributed by atoms with van der Waals surface area (Å²) >= 11 is 0. The second kappa shape index (κ2) is 11.0. The molecule has 0 saturated carbocycles. The van der Waals surface area contributed by atoms with Gasteiger partial charge in [-0.05, 0) is 41.8 Å². The van der Waals surface area contributed by atoms with Gasteiger partial charge < -0.3 is 10.2 Å². The average Bonchev–Trinajstić information content (AvgIpc) is 3.45. The molecule has 0 atom stereocenters. The Hall–Kier alpha value is -4.52. The van der Waals surface area contributed by atoms with E-state index in [0.717, 1.165) is 47.1 Å². The minimum Gasteiger partial charge on any atom is -0.355 e. The number of hydrogen-bond acceptors (Lipinski definition) is 6. The summed E-state index contributed by atoms with van der Waals surface area (Å²) in [5.74, 6) is 1.92. The maximum absolute atomic E-state index is 5.18. The topological polar surface area (TPSA) is 82.6 Å². The predicted molar refractivity (Wildman–Crippen MR) is 150 cm³/mol. The van der Waals surface area contributed by atoms with Crippen LogP contribution in [0.25, 0.3) is 22.6 Å². The molecule has 0 fully saturated rings. The van der Waals surface area contributed by atoms with Crippen LogP contribution in [0.5, 0.6) is 0 Å². The second-order valence-electron chi connectivity index (χ2n) is 9.63. The number of aromatic amines is 1. The van der Waals surface area contributed by atoms with Gasteiger partial charge in [0.05, 0.1) is 5.69 Å². The number of tetrazole rings is 1. The summed E-state index contributed by atoms with van der Waals surface area (Å²) in [4.78, 5) is 7.53. The first-order valence-electron chi connectivity index (χ1n) is 12.5. The lowest BCUT2D eigenvalue weighted by Gasteiger charge is -2.27. The van der Waals surface area contributed by atoms with Gasteiger partial charge in [0.15, 0.2) is 0 Å². The molecule has 0 unspecified atom stereocenters. The van der Waals surface area contributed by atoms with E-state index in [0.29, 0.717) is 11.7 Å². The van der Waals surface area contributed by atoms with E-state index in [4.69, 9.17) is 4.98 Å². The Morgan fingerprint density at radius 2 is 1.57 bits per heavy atom. The van der Waals surface area contributed by atoms with Crippen LogP contribution < -0.4 is 10.2 Å². The van der Waals surface area contributed by atoms with Gasteiger partial charge in [-0.25, -0.2) is 4.98 Å². The molecule has 0 aliphatic heterocycles. The molecule has 186 valence electrons. The lowest BCUT2D eigenvalue weighted by atomic mass is 10.0. The molecular formula is C30H31N7. The molecular weight excluding hydrogens is 458 g/mol. The van der Waals surface area contributed by atoms with Crippen LogP contribution in [0.2, 0.25) is 0 Å². The third kappa shape index (κ3) is 6.01. The number of H-pyrrole nitrogens is 1. The van der Waals surface area contributed by atoms with Crippen molar-refractivity contribution < 1.29 is 0 Å². The van der Waals surface area contributed by atoms with E-state index in [1.807, 2.05) is 24.3 Å². The number of nitrogens with zero attached hydrogens (tertiary/aromatic N) is 5. The lowest BCUT2D eigenvalue weighted by molar-refractivity contribution is 0.605. The first kappa shape index (κ1) is 24.2. The van der Waals surface area contributed by atoms with E-state index in [-0.39, 0.29) is 0 Å². The minimum atomic E-state index is 0.467. The quantitative estimate of drug-likeness (QED) is 0.241. The first-order chi connectivity index (χ1) is 18.0. The Bertz CT molecular complexity index is 1430. The molecule has 0 saturated heterocycles. The van der Waals surface area contributed by atoms with Crippen molar-refractivity contribution in [2.24, 2.45) is 5.92 Å². The number of aryl methyl sites for hydroxylation is 1. The number of nitrogens with one attached hydrogen (secondary N) is 2. The number of hydrogen-bond donors (Lipinski definition) is 2. The van der Waals surface area contributed by atoms with Crippen LogP contribution in [0, 0.1) is 12.8 Å². The van der Waals surface area contributed by atoms with Crippen LogP contribution in [0.3, 0.4) is 0 Å². The molecule has 5 aromatic rings. The number of benzene rings is 3. The van der Waals surface area contributed by atoms with E-state index in [1.54, 1.807) is 0 Å². The molecule has 5 rings (SSSR count). The number of rotatable bonds is 9. The summed E-state index contributed by atoms with van der Waals surface area (Å²) in [5.41, 5.74) is 7.13. The SMILES string of the molecule is Cc1ccc(Nc2cc(-c3ccccc3-c3nn[nH]n3)nc(N(Cc3ccccc3)CC(C)C)c2)cc1. The molecule has 0 aliphatic rings. The highest BCUT2D eigenvalue weighted by molar-refractivity contribution is 5.81. The van der Waals surface area contributed by atoms with Gasteiger partial charge in [-0.2, -0.15) is 5.21 Å². The fraction of sp³-hybridized carbons (Fsp3) is 0.200. The maximum atomic E-state index is 5.18. The standard InChI is InChI=1S/C30H31N7/c1-21(2)19-37(20-23-9-5-4-6-10-23)29-18-25(31-24-15-13-22(3)14-16-24)17-28(32-29)26-11-7-8-12-27(26)30-33-35-36-34-30/h4-18,21H,19-20H2,1-3H3,(H,31,32)(H,33,34,35,36). The summed E-state index contributed by atoms with van der Waals surface area (Å²) in [6.07, 6.45) is 0. The first-order valence-corrected chi connectivity index (χ1v) is 12.5. The Morgan fingerprint density at radius 3 is 2.27 bits per heavy atom. The highest BCUT2D eigenvalue weighted by Crippen LogP contribution is 2.33. The molecule has 7 nitrogen and oxygen atoms in total. The highest BCUT2D eigenvalue weighted by atomic mass is 15.5. The van der Waals surface area contributed by atoms with E-state index in [2.05, 4.69) is 118 Å². The zero-order valence-electron chi connectivity index (χ0n) is 21.4. The van der Waals surface area contributed by atoms with E-state index in [9.17, 15) is 0 Å². The van der Waals surface area contributed by atoms with Crippen molar-refractivity contribution >= 4 is 17.2 Å². The Labute approximate surface area is 217 Å². The third-order valence-corrected chi connectivity index (χ3v) is 6.07.